The Morgan fingerprint density at radius 2 is 2.02 bits per heavy atom. The molecular weight excluding hydrogens is 598 g/mol. The summed E-state index contributed by atoms with van der Waals surface area (Å²) in [5.41, 5.74) is 8.60. The maximum Gasteiger partial charge on any atom is 0.355 e. The summed E-state index contributed by atoms with van der Waals surface area (Å²) in [6.45, 7) is 3.64. The number of carbonyl (C=O) groups excluding carboxylic acids is 2. The van der Waals surface area contributed by atoms with E-state index < -0.39 is 12.0 Å². The average Bonchev–Trinajstić information content (AvgIpc) is 3.02. The first-order valence-electron chi connectivity index (χ1n) is 14.3. The maximum atomic E-state index is 13.7. The van der Waals surface area contributed by atoms with Crippen molar-refractivity contribution in [1.29, 1.82) is 5.41 Å². The van der Waals surface area contributed by atoms with Gasteiger partial charge in [0, 0.05) is 47.6 Å². The largest absolute Gasteiger partial charge is 0.461 e. The number of hydrogen-bond acceptors (Lipinski definition) is 11. The van der Waals surface area contributed by atoms with Gasteiger partial charge >= 0.3 is 5.97 Å². The van der Waals surface area contributed by atoms with Gasteiger partial charge in [0.1, 0.15) is 5.70 Å². The molecule has 4 rings (SSSR count). The minimum Gasteiger partial charge on any atom is -0.461 e. The molecule has 0 saturated carbocycles. The molecule has 3 heterocycles. The molecule has 0 aliphatic carbocycles. The fraction of sp³-hybridized carbons (Fsp3) is 0.290. The highest BCUT2D eigenvalue weighted by molar-refractivity contribution is 6.31. The van der Waals surface area contributed by atoms with Crippen molar-refractivity contribution < 1.29 is 14.3 Å². The quantitative estimate of drug-likeness (QED) is 0.0809. The molecule has 2 aromatic heterocycles. The number of fused-ring (bicyclic) bond motifs is 2. The van der Waals surface area contributed by atoms with Gasteiger partial charge in [-0.25, -0.2) is 15.6 Å². The second-order valence-corrected chi connectivity index (χ2v) is 10.8. The van der Waals surface area contributed by atoms with E-state index in [1.54, 1.807) is 44.4 Å². The number of benzene rings is 1. The Morgan fingerprint density at radius 3 is 2.71 bits per heavy atom. The van der Waals surface area contributed by atoms with E-state index in [0.29, 0.717) is 63.9 Å². The molecule has 2 atom stereocenters. The summed E-state index contributed by atoms with van der Waals surface area (Å²) in [5.74, 6) is 5.00. The highest BCUT2D eigenvalue weighted by Gasteiger charge is 2.23. The lowest BCUT2D eigenvalue weighted by Crippen LogP contribution is -2.32. The lowest BCUT2D eigenvalue weighted by Gasteiger charge is -2.23. The van der Waals surface area contributed by atoms with Gasteiger partial charge in [-0.2, -0.15) is 0 Å². The molecule has 7 N–H and O–H groups in total. The van der Waals surface area contributed by atoms with Crippen molar-refractivity contribution in [3.05, 3.63) is 93.2 Å². The lowest BCUT2D eigenvalue weighted by atomic mass is 9.96. The van der Waals surface area contributed by atoms with Crippen LogP contribution in [-0.2, 0) is 14.3 Å². The second-order valence-electron chi connectivity index (χ2n) is 10.4. The van der Waals surface area contributed by atoms with Crippen LogP contribution in [0.4, 0.5) is 5.69 Å². The molecule has 14 heteroatoms. The SMILES string of the molecule is CCOC(=O)/C(N)=C/N(N)c1ccc(Cl)cc1-c1cc(=O)n(C2CCCC(C)C(=O)N/C(C=N)=C(/NC)c3ccnc2c3)cn1. The molecule has 0 spiro atoms. The molecule has 1 amide bonds. The van der Waals surface area contributed by atoms with Crippen molar-refractivity contribution >= 4 is 41.1 Å². The molecule has 0 saturated heterocycles. The summed E-state index contributed by atoms with van der Waals surface area (Å²) in [6.07, 6.45) is 7.09. The van der Waals surface area contributed by atoms with Gasteiger partial charge in [-0.3, -0.25) is 24.1 Å². The number of pyridine rings is 1. The zero-order chi connectivity index (χ0) is 32.7. The highest BCUT2D eigenvalue weighted by Crippen LogP contribution is 2.32. The smallest absolute Gasteiger partial charge is 0.355 e. The number of nitrogens with one attached hydrogen (secondary N) is 3. The molecule has 236 valence electrons. The van der Waals surface area contributed by atoms with Crippen LogP contribution < -0.4 is 32.8 Å². The standard InChI is InChI=1S/C31H36ClN9O4/c1-4-45-31(44)22(34)16-41(35)26-9-8-20(32)13-21(26)23-14-28(42)40(17-38-23)27-7-5-6-18(2)30(43)39-25(15-33)29(36-3)19-10-11-37-24(27)12-19/h8-18,27,33,36H,4-7,34-35H2,1-3H3,(H,39,43)/b22-16-,29-25+,33-15?. The number of allylic oxidation sites excluding steroid dienone is 1. The Hall–Kier alpha value is -5.01. The first-order valence-corrected chi connectivity index (χ1v) is 14.7. The molecule has 1 aliphatic heterocycles. The summed E-state index contributed by atoms with van der Waals surface area (Å²) < 4.78 is 6.43. The van der Waals surface area contributed by atoms with Gasteiger partial charge in [0.05, 0.1) is 53.6 Å². The molecule has 2 bridgehead atoms. The average molecular weight is 634 g/mol. The molecule has 0 radical (unpaired) electrons. The molecule has 3 aromatic rings. The van der Waals surface area contributed by atoms with E-state index in [1.165, 1.54) is 23.2 Å². The monoisotopic (exact) mass is 633 g/mol. The van der Waals surface area contributed by atoms with Crippen molar-refractivity contribution in [3.63, 3.8) is 0 Å². The molecule has 13 nitrogen and oxygen atoms in total. The predicted molar refractivity (Wildman–Crippen MR) is 173 cm³/mol. The zero-order valence-corrected chi connectivity index (χ0v) is 26.0. The Labute approximate surface area is 265 Å². The summed E-state index contributed by atoms with van der Waals surface area (Å²) >= 11 is 6.31. The zero-order valence-electron chi connectivity index (χ0n) is 25.2. The van der Waals surface area contributed by atoms with Gasteiger partial charge in [0.2, 0.25) is 5.91 Å². The van der Waals surface area contributed by atoms with E-state index >= 15 is 0 Å². The number of nitrogens with two attached hydrogens (primary N) is 2. The van der Waals surface area contributed by atoms with Crippen molar-refractivity contribution in [3.8, 4) is 11.3 Å². The molecule has 45 heavy (non-hydrogen) atoms. The van der Waals surface area contributed by atoms with Crippen LogP contribution in [0, 0.1) is 11.3 Å². The third-order valence-electron chi connectivity index (χ3n) is 7.37. The van der Waals surface area contributed by atoms with Crippen LogP contribution in [0.2, 0.25) is 5.02 Å². The summed E-state index contributed by atoms with van der Waals surface area (Å²) in [4.78, 5) is 47.8. The number of esters is 1. The van der Waals surface area contributed by atoms with Gasteiger partial charge in [-0.05, 0) is 50.1 Å². The van der Waals surface area contributed by atoms with E-state index in [4.69, 9.17) is 33.3 Å². The van der Waals surface area contributed by atoms with E-state index in [0.717, 1.165) is 11.2 Å². The Morgan fingerprint density at radius 1 is 1.24 bits per heavy atom. The highest BCUT2D eigenvalue weighted by atomic mass is 35.5. The predicted octanol–water partition coefficient (Wildman–Crippen LogP) is 3.07. The summed E-state index contributed by atoms with van der Waals surface area (Å²) in [6, 6.07) is 9.32. The fourth-order valence-electron chi connectivity index (χ4n) is 5.04. The van der Waals surface area contributed by atoms with E-state index in [2.05, 4.69) is 20.6 Å². The number of rotatable bonds is 8. The fourth-order valence-corrected chi connectivity index (χ4v) is 5.21. The number of halogens is 1. The van der Waals surface area contributed by atoms with Crippen molar-refractivity contribution in [2.75, 3.05) is 18.7 Å². The molecule has 2 unspecified atom stereocenters. The maximum absolute atomic E-state index is 13.7. The van der Waals surface area contributed by atoms with Crippen molar-refractivity contribution in [1.82, 2.24) is 25.2 Å². The Kier molecular flexibility index (Phi) is 10.7. The summed E-state index contributed by atoms with van der Waals surface area (Å²) in [5, 5.41) is 15.4. The number of amides is 1. The van der Waals surface area contributed by atoms with Gasteiger partial charge in [-0.15, -0.1) is 0 Å². The van der Waals surface area contributed by atoms with Crippen molar-refractivity contribution in [2.24, 2.45) is 17.5 Å². The minimum absolute atomic E-state index is 0.150. The number of aromatic nitrogens is 3. The number of anilines is 1. The van der Waals surface area contributed by atoms with Crippen LogP contribution in [0.3, 0.4) is 0 Å². The van der Waals surface area contributed by atoms with Gasteiger partial charge in [0.25, 0.3) is 5.56 Å². The normalized spacial score (nSPS) is 19.0. The first kappa shape index (κ1) is 32.9. The molecule has 1 aromatic carbocycles. The van der Waals surface area contributed by atoms with Gasteiger partial charge in [-0.1, -0.05) is 24.9 Å². The van der Waals surface area contributed by atoms with Crippen LogP contribution in [0.25, 0.3) is 17.0 Å². The lowest BCUT2D eigenvalue weighted by molar-refractivity contribution is -0.138. The topological polar surface area (TPSA) is 194 Å². The van der Waals surface area contributed by atoms with Gasteiger partial charge < -0.3 is 26.5 Å². The minimum atomic E-state index is -0.722. The number of hydrazine groups is 1. The van der Waals surface area contributed by atoms with Crippen LogP contribution in [0.1, 0.15) is 50.4 Å². The Bertz CT molecular complexity index is 1720. The van der Waals surface area contributed by atoms with E-state index in [-0.39, 0.29) is 29.7 Å². The first-order chi connectivity index (χ1) is 21.6. The third kappa shape index (κ3) is 7.56. The number of carbonyl (C=O) groups is 2. The van der Waals surface area contributed by atoms with Crippen LogP contribution in [0.5, 0.6) is 0 Å². The number of hydrogen-bond donors (Lipinski definition) is 5. The van der Waals surface area contributed by atoms with Crippen LogP contribution in [-0.4, -0.2) is 46.3 Å². The van der Waals surface area contributed by atoms with Gasteiger partial charge in [0.15, 0.2) is 0 Å². The van der Waals surface area contributed by atoms with Crippen LogP contribution in [0.15, 0.2) is 71.3 Å². The molecular formula is C31H36ClN9O4. The van der Waals surface area contributed by atoms with E-state index in [9.17, 15) is 14.4 Å². The number of nitrogens with zero attached hydrogens (tertiary/aromatic N) is 4. The Balaban J connectivity index is 1.78. The second kappa shape index (κ2) is 14.6. The summed E-state index contributed by atoms with van der Waals surface area (Å²) in [7, 11) is 1.71. The number of ether oxygens (including phenoxy) is 1. The third-order valence-corrected chi connectivity index (χ3v) is 7.60. The van der Waals surface area contributed by atoms with Crippen LogP contribution >= 0.6 is 11.6 Å². The molecule has 0 fully saturated rings. The van der Waals surface area contributed by atoms with E-state index in [1.807, 2.05) is 13.0 Å². The molecule has 1 aliphatic rings. The van der Waals surface area contributed by atoms with Crippen molar-refractivity contribution in [2.45, 2.75) is 39.2 Å².